The van der Waals surface area contributed by atoms with Crippen molar-refractivity contribution in [3.8, 4) is 0 Å². The average Bonchev–Trinajstić information content (AvgIpc) is 2.23. The Morgan fingerprint density at radius 1 is 1.38 bits per heavy atom. The quantitative estimate of drug-likeness (QED) is 0.796. The zero-order valence-corrected chi connectivity index (χ0v) is 9.29. The van der Waals surface area contributed by atoms with Crippen LogP contribution in [0, 0.1) is 11.6 Å². The lowest BCUT2D eigenvalue weighted by molar-refractivity contribution is 0.420. The molecule has 16 heavy (non-hydrogen) atoms. The lowest BCUT2D eigenvalue weighted by Crippen LogP contribution is -2.46. The predicted molar refractivity (Wildman–Crippen MR) is 60.4 cm³/mol. The van der Waals surface area contributed by atoms with E-state index in [1.165, 1.54) is 6.07 Å². The first-order chi connectivity index (χ1) is 7.59. The van der Waals surface area contributed by atoms with Gasteiger partial charge in [-0.25, -0.2) is 8.78 Å². The SMILES string of the molecule is CC1CC(N)CCN1c1cccc(F)c1F. The Morgan fingerprint density at radius 3 is 2.81 bits per heavy atom. The van der Waals surface area contributed by atoms with Crippen molar-refractivity contribution < 1.29 is 8.78 Å². The highest BCUT2D eigenvalue weighted by Crippen LogP contribution is 2.27. The van der Waals surface area contributed by atoms with E-state index < -0.39 is 11.6 Å². The Hall–Kier alpha value is -1.16. The summed E-state index contributed by atoms with van der Waals surface area (Å²) in [5, 5.41) is 0. The maximum absolute atomic E-state index is 13.6. The van der Waals surface area contributed by atoms with Crippen LogP contribution in [0.5, 0.6) is 0 Å². The second-order valence-corrected chi connectivity index (χ2v) is 4.40. The molecule has 1 heterocycles. The molecule has 0 bridgehead atoms. The number of nitrogens with two attached hydrogens (primary N) is 1. The third-order valence-electron chi connectivity index (χ3n) is 3.16. The zero-order chi connectivity index (χ0) is 11.7. The Labute approximate surface area is 94.0 Å². The Morgan fingerprint density at radius 2 is 2.12 bits per heavy atom. The molecule has 0 spiro atoms. The first-order valence-electron chi connectivity index (χ1n) is 5.56. The highest BCUT2D eigenvalue weighted by molar-refractivity contribution is 5.49. The highest BCUT2D eigenvalue weighted by Gasteiger charge is 2.25. The summed E-state index contributed by atoms with van der Waals surface area (Å²) in [5.41, 5.74) is 6.19. The minimum Gasteiger partial charge on any atom is -0.366 e. The van der Waals surface area contributed by atoms with Crippen LogP contribution in [0.3, 0.4) is 0 Å². The number of hydrogen-bond donors (Lipinski definition) is 1. The molecule has 2 atom stereocenters. The molecule has 88 valence electrons. The number of hydrogen-bond acceptors (Lipinski definition) is 2. The molecule has 1 aromatic rings. The molecule has 2 rings (SSSR count). The van der Waals surface area contributed by atoms with Crippen LogP contribution < -0.4 is 10.6 Å². The fraction of sp³-hybridized carbons (Fsp3) is 0.500. The first kappa shape index (κ1) is 11.3. The first-order valence-corrected chi connectivity index (χ1v) is 5.56. The van der Waals surface area contributed by atoms with Gasteiger partial charge in [-0.15, -0.1) is 0 Å². The van der Waals surface area contributed by atoms with E-state index in [-0.39, 0.29) is 12.1 Å². The van der Waals surface area contributed by atoms with Gasteiger partial charge < -0.3 is 10.6 Å². The van der Waals surface area contributed by atoms with E-state index in [2.05, 4.69) is 0 Å². The second-order valence-electron chi connectivity index (χ2n) is 4.40. The van der Waals surface area contributed by atoms with Gasteiger partial charge in [-0.05, 0) is 31.9 Å². The molecule has 1 saturated heterocycles. The molecule has 0 amide bonds. The molecule has 0 radical (unpaired) electrons. The summed E-state index contributed by atoms with van der Waals surface area (Å²) < 4.78 is 26.7. The van der Waals surface area contributed by atoms with Gasteiger partial charge in [-0.3, -0.25) is 0 Å². The number of piperidine rings is 1. The Bertz CT molecular complexity index is 381. The fourth-order valence-corrected chi connectivity index (χ4v) is 2.28. The smallest absolute Gasteiger partial charge is 0.182 e. The van der Waals surface area contributed by atoms with Crippen LogP contribution in [-0.4, -0.2) is 18.6 Å². The minimum absolute atomic E-state index is 0.153. The summed E-state index contributed by atoms with van der Waals surface area (Å²) in [6.07, 6.45) is 1.64. The number of benzene rings is 1. The molecular weight excluding hydrogens is 210 g/mol. The lowest BCUT2D eigenvalue weighted by atomic mass is 9.98. The molecule has 1 aromatic carbocycles. The summed E-state index contributed by atoms with van der Waals surface area (Å²) in [6.45, 7) is 2.67. The summed E-state index contributed by atoms with van der Waals surface area (Å²) >= 11 is 0. The molecule has 0 saturated carbocycles. The predicted octanol–water partition coefficient (Wildman–Crippen LogP) is 2.28. The van der Waals surface area contributed by atoms with Gasteiger partial charge in [0.1, 0.15) is 0 Å². The fourth-order valence-electron chi connectivity index (χ4n) is 2.28. The number of nitrogens with zero attached hydrogens (tertiary/aromatic N) is 1. The molecule has 2 N–H and O–H groups in total. The van der Waals surface area contributed by atoms with Gasteiger partial charge in [-0.1, -0.05) is 6.07 Å². The normalized spacial score (nSPS) is 25.9. The molecule has 1 fully saturated rings. The molecule has 1 aliphatic rings. The van der Waals surface area contributed by atoms with E-state index in [1.54, 1.807) is 6.07 Å². The topological polar surface area (TPSA) is 29.3 Å². The Balaban J connectivity index is 2.27. The number of halogens is 2. The molecular formula is C12H16F2N2. The minimum atomic E-state index is -0.792. The van der Waals surface area contributed by atoms with Crippen LogP contribution in [0.15, 0.2) is 18.2 Å². The lowest BCUT2D eigenvalue weighted by Gasteiger charge is -2.38. The van der Waals surface area contributed by atoms with Crippen molar-refractivity contribution in [1.29, 1.82) is 0 Å². The molecule has 2 nitrogen and oxygen atoms in total. The van der Waals surface area contributed by atoms with Crippen molar-refractivity contribution >= 4 is 5.69 Å². The molecule has 2 unspecified atom stereocenters. The third kappa shape index (κ3) is 2.02. The van der Waals surface area contributed by atoms with Crippen molar-refractivity contribution in [3.63, 3.8) is 0 Å². The summed E-state index contributed by atoms with van der Waals surface area (Å²) in [5.74, 6) is -1.55. The van der Waals surface area contributed by atoms with Crippen LogP contribution in [0.25, 0.3) is 0 Å². The van der Waals surface area contributed by atoms with Crippen LogP contribution >= 0.6 is 0 Å². The van der Waals surface area contributed by atoms with Gasteiger partial charge in [0.2, 0.25) is 0 Å². The molecule has 4 heteroatoms. The second kappa shape index (κ2) is 4.37. The van der Waals surface area contributed by atoms with Crippen LogP contribution in [0.4, 0.5) is 14.5 Å². The van der Waals surface area contributed by atoms with Crippen LogP contribution in [0.1, 0.15) is 19.8 Å². The van der Waals surface area contributed by atoms with E-state index in [1.807, 2.05) is 11.8 Å². The van der Waals surface area contributed by atoms with Crippen LogP contribution in [-0.2, 0) is 0 Å². The molecule has 0 aliphatic carbocycles. The van der Waals surface area contributed by atoms with E-state index in [0.717, 1.165) is 18.9 Å². The van der Waals surface area contributed by atoms with Gasteiger partial charge in [0.15, 0.2) is 11.6 Å². The average molecular weight is 226 g/mol. The third-order valence-corrected chi connectivity index (χ3v) is 3.16. The Kier molecular flexibility index (Phi) is 3.10. The van der Waals surface area contributed by atoms with Crippen LogP contribution in [0.2, 0.25) is 0 Å². The van der Waals surface area contributed by atoms with Gasteiger partial charge in [-0.2, -0.15) is 0 Å². The van der Waals surface area contributed by atoms with Crippen molar-refractivity contribution in [2.24, 2.45) is 5.73 Å². The summed E-state index contributed by atoms with van der Waals surface area (Å²) in [4.78, 5) is 1.89. The van der Waals surface area contributed by atoms with E-state index >= 15 is 0 Å². The standard InChI is InChI=1S/C12H16F2N2/c1-8-7-9(15)5-6-16(8)11-4-2-3-10(13)12(11)14/h2-4,8-9H,5-7,15H2,1H3. The largest absolute Gasteiger partial charge is 0.366 e. The molecule has 0 aromatic heterocycles. The maximum atomic E-state index is 13.6. The van der Waals surface area contributed by atoms with Crippen molar-refractivity contribution in [2.75, 3.05) is 11.4 Å². The number of rotatable bonds is 1. The van der Waals surface area contributed by atoms with Gasteiger partial charge in [0.25, 0.3) is 0 Å². The monoisotopic (exact) mass is 226 g/mol. The molecule has 1 aliphatic heterocycles. The van der Waals surface area contributed by atoms with Crippen molar-refractivity contribution in [1.82, 2.24) is 0 Å². The highest BCUT2D eigenvalue weighted by atomic mass is 19.2. The van der Waals surface area contributed by atoms with Gasteiger partial charge in [0, 0.05) is 18.6 Å². The van der Waals surface area contributed by atoms with Gasteiger partial charge >= 0.3 is 0 Å². The van der Waals surface area contributed by atoms with E-state index in [0.29, 0.717) is 12.2 Å². The summed E-state index contributed by atoms with van der Waals surface area (Å²) in [7, 11) is 0. The zero-order valence-electron chi connectivity index (χ0n) is 9.29. The van der Waals surface area contributed by atoms with Crippen molar-refractivity contribution in [2.45, 2.75) is 31.8 Å². The van der Waals surface area contributed by atoms with Gasteiger partial charge in [0.05, 0.1) is 5.69 Å². The van der Waals surface area contributed by atoms with Crippen molar-refractivity contribution in [3.05, 3.63) is 29.8 Å². The van der Waals surface area contributed by atoms with E-state index in [9.17, 15) is 8.78 Å². The maximum Gasteiger partial charge on any atom is 0.182 e. The van der Waals surface area contributed by atoms with E-state index in [4.69, 9.17) is 5.73 Å². The number of anilines is 1. The summed E-state index contributed by atoms with van der Waals surface area (Å²) in [6, 6.07) is 4.61.